The summed E-state index contributed by atoms with van der Waals surface area (Å²) in [6, 6.07) is 7.89. The molecule has 0 spiro atoms. The third-order valence-electron chi connectivity index (χ3n) is 3.01. The highest BCUT2D eigenvalue weighted by atomic mass is 79.9. The van der Waals surface area contributed by atoms with E-state index in [1.54, 1.807) is 11.8 Å². The summed E-state index contributed by atoms with van der Waals surface area (Å²) >= 11 is 11.4. The van der Waals surface area contributed by atoms with E-state index in [-0.39, 0.29) is 6.04 Å². The Balaban J connectivity index is 1.96. The first-order valence-corrected chi connectivity index (χ1v) is 8.45. The van der Waals surface area contributed by atoms with Gasteiger partial charge in [0.25, 0.3) is 0 Å². The standard InChI is InChI=1S/C14H17BrClN3S/c1-9-14(15)12(19(2)18-9)7-10(17)8-20-13-6-4-3-5-11(13)16/h3-6,10H,7-8,17H2,1-2H3. The molecular weight excluding hydrogens is 358 g/mol. The lowest BCUT2D eigenvalue weighted by atomic mass is 10.2. The Labute approximate surface area is 137 Å². The molecule has 1 unspecified atom stereocenters. The van der Waals surface area contributed by atoms with Crippen molar-refractivity contribution in [3.05, 3.63) is 45.1 Å². The highest BCUT2D eigenvalue weighted by molar-refractivity contribution is 9.10. The largest absolute Gasteiger partial charge is 0.327 e. The van der Waals surface area contributed by atoms with Crippen LogP contribution in [-0.2, 0) is 13.5 Å². The lowest BCUT2D eigenvalue weighted by Crippen LogP contribution is -2.26. The zero-order valence-corrected chi connectivity index (χ0v) is 14.6. The van der Waals surface area contributed by atoms with E-state index < -0.39 is 0 Å². The van der Waals surface area contributed by atoms with Crippen molar-refractivity contribution in [2.45, 2.75) is 24.3 Å². The Kier molecular flexibility index (Phi) is 5.55. The smallest absolute Gasteiger partial charge is 0.0738 e. The van der Waals surface area contributed by atoms with E-state index >= 15 is 0 Å². The molecule has 0 bridgehead atoms. The predicted octanol–water partition coefficient (Wildman–Crippen LogP) is 3.81. The maximum Gasteiger partial charge on any atom is 0.0738 e. The van der Waals surface area contributed by atoms with Crippen molar-refractivity contribution in [1.82, 2.24) is 9.78 Å². The molecule has 2 N–H and O–H groups in total. The number of hydrogen-bond acceptors (Lipinski definition) is 3. The predicted molar refractivity (Wildman–Crippen MR) is 89.5 cm³/mol. The van der Waals surface area contributed by atoms with Gasteiger partial charge in [0, 0.05) is 30.2 Å². The number of thioether (sulfide) groups is 1. The fourth-order valence-corrected chi connectivity index (χ4v) is 3.66. The summed E-state index contributed by atoms with van der Waals surface area (Å²) < 4.78 is 2.94. The van der Waals surface area contributed by atoms with E-state index in [0.717, 1.165) is 38.0 Å². The molecule has 6 heteroatoms. The second-order valence-corrected chi connectivity index (χ2v) is 6.94. The highest BCUT2D eigenvalue weighted by Gasteiger charge is 2.14. The van der Waals surface area contributed by atoms with Crippen LogP contribution in [-0.4, -0.2) is 21.6 Å². The maximum absolute atomic E-state index is 6.22. The van der Waals surface area contributed by atoms with Crippen molar-refractivity contribution in [3.8, 4) is 0 Å². The van der Waals surface area contributed by atoms with Crippen molar-refractivity contribution in [2.24, 2.45) is 12.8 Å². The van der Waals surface area contributed by atoms with Crippen molar-refractivity contribution in [2.75, 3.05) is 5.75 Å². The summed E-state index contributed by atoms with van der Waals surface area (Å²) in [6.07, 6.45) is 0.787. The van der Waals surface area contributed by atoms with Gasteiger partial charge in [-0.05, 0) is 35.0 Å². The van der Waals surface area contributed by atoms with Crippen LogP contribution in [0.25, 0.3) is 0 Å². The molecule has 1 atom stereocenters. The second kappa shape index (κ2) is 6.98. The zero-order chi connectivity index (χ0) is 14.7. The summed E-state index contributed by atoms with van der Waals surface area (Å²) in [5.74, 6) is 0.820. The van der Waals surface area contributed by atoms with Gasteiger partial charge < -0.3 is 5.73 Å². The topological polar surface area (TPSA) is 43.8 Å². The maximum atomic E-state index is 6.22. The number of benzene rings is 1. The average Bonchev–Trinajstić information content (AvgIpc) is 2.64. The molecular formula is C14H17BrClN3S. The molecule has 108 valence electrons. The first kappa shape index (κ1) is 15.9. The molecule has 1 heterocycles. The van der Waals surface area contributed by atoms with Gasteiger partial charge in [0.2, 0.25) is 0 Å². The van der Waals surface area contributed by atoms with E-state index in [9.17, 15) is 0 Å². The molecule has 0 radical (unpaired) electrons. The fourth-order valence-electron chi connectivity index (χ4n) is 1.97. The second-order valence-electron chi connectivity index (χ2n) is 4.68. The quantitative estimate of drug-likeness (QED) is 0.809. The number of aromatic nitrogens is 2. The Hall–Kier alpha value is -0.490. The summed E-state index contributed by atoms with van der Waals surface area (Å²) in [5, 5.41) is 5.16. The van der Waals surface area contributed by atoms with Crippen molar-refractivity contribution in [3.63, 3.8) is 0 Å². The molecule has 0 amide bonds. The molecule has 2 aromatic rings. The van der Waals surface area contributed by atoms with Crippen LogP contribution < -0.4 is 5.73 Å². The third kappa shape index (κ3) is 3.79. The highest BCUT2D eigenvalue weighted by Crippen LogP contribution is 2.28. The van der Waals surface area contributed by atoms with Gasteiger partial charge in [-0.2, -0.15) is 5.10 Å². The van der Waals surface area contributed by atoms with Crippen LogP contribution in [0.4, 0.5) is 0 Å². The van der Waals surface area contributed by atoms with Gasteiger partial charge in [-0.3, -0.25) is 4.68 Å². The normalized spacial score (nSPS) is 12.7. The number of nitrogens with two attached hydrogens (primary N) is 1. The lowest BCUT2D eigenvalue weighted by molar-refractivity contribution is 0.651. The molecule has 0 saturated carbocycles. The first-order valence-electron chi connectivity index (χ1n) is 6.30. The monoisotopic (exact) mass is 373 g/mol. The Morgan fingerprint density at radius 3 is 2.75 bits per heavy atom. The van der Waals surface area contributed by atoms with Crippen LogP contribution in [0.5, 0.6) is 0 Å². The van der Waals surface area contributed by atoms with Crippen LogP contribution in [0.1, 0.15) is 11.4 Å². The van der Waals surface area contributed by atoms with E-state index in [0.29, 0.717) is 0 Å². The summed E-state index contributed by atoms with van der Waals surface area (Å²) in [4.78, 5) is 1.07. The van der Waals surface area contributed by atoms with E-state index in [1.807, 2.05) is 42.9 Å². The number of aryl methyl sites for hydroxylation is 2. The molecule has 1 aromatic carbocycles. The van der Waals surface area contributed by atoms with Crippen LogP contribution >= 0.6 is 39.3 Å². The molecule has 0 saturated heterocycles. The number of rotatable bonds is 5. The number of halogens is 2. The van der Waals surface area contributed by atoms with Gasteiger partial charge in [-0.25, -0.2) is 0 Å². The molecule has 3 nitrogen and oxygen atoms in total. The van der Waals surface area contributed by atoms with Gasteiger partial charge in [-0.15, -0.1) is 11.8 Å². The SMILES string of the molecule is Cc1nn(C)c(CC(N)CSc2ccccc2Cl)c1Br. The molecule has 2 rings (SSSR count). The van der Waals surface area contributed by atoms with Crippen molar-refractivity contribution >= 4 is 39.3 Å². The Morgan fingerprint density at radius 2 is 2.15 bits per heavy atom. The number of nitrogens with zero attached hydrogens (tertiary/aromatic N) is 2. The minimum atomic E-state index is 0.0578. The van der Waals surface area contributed by atoms with Gasteiger partial charge >= 0.3 is 0 Å². The van der Waals surface area contributed by atoms with Crippen LogP contribution in [0.3, 0.4) is 0 Å². The number of hydrogen-bond donors (Lipinski definition) is 1. The molecule has 0 aliphatic carbocycles. The van der Waals surface area contributed by atoms with Crippen LogP contribution in [0.2, 0.25) is 5.02 Å². The molecule has 0 aliphatic heterocycles. The minimum Gasteiger partial charge on any atom is -0.327 e. The van der Waals surface area contributed by atoms with Crippen molar-refractivity contribution in [1.29, 1.82) is 0 Å². The third-order valence-corrected chi connectivity index (χ3v) is 5.74. The van der Waals surface area contributed by atoms with Crippen molar-refractivity contribution < 1.29 is 0 Å². The summed E-state index contributed by atoms with van der Waals surface area (Å²) in [6.45, 7) is 1.98. The molecule has 1 aromatic heterocycles. The average molecular weight is 375 g/mol. The molecule has 20 heavy (non-hydrogen) atoms. The fraction of sp³-hybridized carbons (Fsp3) is 0.357. The van der Waals surface area contributed by atoms with E-state index in [4.69, 9.17) is 17.3 Å². The molecule has 0 fully saturated rings. The van der Waals surface area contributed by atoms with Gasteiger partial charge in [0.05, 0.1) is 20.9 Å². The van der Waals surface area contributed by atoms with Gasteiger partial charge in [0.1, 0.15) is 0 Å². The summed E-state index contributed by atoms with van der Waals surface area (Å²) in [5.41, 5.74) is 8.35. The van der Waals surface area contributed by atoms with Gasteiger partial charge in [0.15, 0.2) is 0 Å². The Morgan fingerprint density at radius 1 is 1.45 bits per heavy atom. The lowest BCUT2D eigenvalue weighted by Gasteiger charge is -2.12. The Bertz CT molecular complexity index is 600. The zero-order valence-electron chi connectivity index (χ0n) is 11.4. The van der Waals surface area contributed by atoms with E-state index in [2.05, 4.69) is 21.0 Å². The van der Waals surface area contributed by atoms with Crippen LogP contribution in [0, 0.1) is 6.92 Å². The van der Waals surface area contributed by atoms with Crippen LogP contribution in [0.15, 0.2) is 33.6 Å². The van der Waals surface area contributed by atoms with Gasteiger partial charge in [-0.1, -0.05) is 23.7 Å². The van der Waals surface area contributed by atoms with E-state index in [1.165, 1.54) is 0 Å². The summed E-state index contributed by atoms with van der Waals surface area (Å²) in [7, 11) is 1.95. The molecule has 0 aliphatic rings. The first-order chi connectivity index (χ1) is 9.49. The minimum absolute atomic E-state index is 0.0578.